The molecular weight excluding hydrogens is 488 g/mol. The van der Waals surface area contributed by atoms with Crippen LogP contribution in [0.1, 0.15) is 18.9 Å². The number of amides is 1. The van der Waals surface area contributed by atoms with Gasteiger partial charge in [0.25, 0.3) is 10.0 Å². The van der Waals surface area contributed by atoms with Crippen LogP contribution in [0, 0.1) is 0 Å². The van der Waals surface area contributed by atoms with Crippen LogP contribution in [-0.2, 0) is 21.2 Å². The molecule has 1 atom stereocenters. The summed E-state index contributed by atoms with van der Waals surface area (Å²) < 4.78 is 38.8. The van der Waals surface area contributed by atoms with E-state index in [9.17, 15) is 13.2 Å². The van der Waals surface area contributed by atoms with E-state index in [4.69, 9.17) is 21.1 Å². The second kappa shape index (κ2) is 12.0. The quantitative estimate of drug-likeness (QED) is 0.399. The lowest BCUT2D eigenvalue weighted by atomic mass is 10.1. The van der Waals surface area contributed by atoms with E-state index in [-0.39, 0.29) is 16.7 Å². The van der Waals surface area contributed by atoms with Crippen LogP contribution in [0.3, 0.4) is 0 Å². The van der Waals surface area contributed by atoms with Crippen molar-refractivity contribution < 1.29 is 22.7 Å². The molecule has 0 heterocycles. The lowest BCUT2D eigenvalue weighted by Gasteiger charge is -2.25. The zero-order chi connectivity index (χ0) is 25.4. The first-order valence-corrected chi connectivity index (χ1v) is 12.9. The Morgan fingerprint density at radius 3 is 2.26 bits per heavy atom. The molecule has 35 heavy (non-hydrogen) atoms. The topological polar surface area (TPSA) is 84.9 Å². The molecule has 7 nitrogen and oxygen atoms in total. The Morgan fingerprint density at radius 1 is 0.971 bits per heavy atom. The van der Waals surface area contributed by atoms with E-state index in [0.29, 0.717) is 16.5 Å². The number of nitrogens with one attached hydrogen (secondary N) is 1. The molecule has 0 unspecified atom stereocenters. The molecule has 0 saturated heterocycles. The zero-order valence-electron chi connectivity index (χ0n) is 19.9. The molecule has 0 spiro atoms. The normalized spacial score (nSPS) is 12.0. The lowest BCUT2D eigenvalue weighted by Crippen LogP contribution is -2.43. The molecule has 1 N–H and O–H groups in total. The predicted octanol–water partition coefficient (Wildman–Crippen LogP) is 4.69. The standard InChI is InChI=1S/C26H29ClN2O5S/c1-19(9-10-20-7-5-4-6-8-20)28-26(30)18-29(22-13-11-21(27)12-14-22)35(31,32)23-15-16-24(33-2)25(17-23)34-3/h4-8,11-17,19H,9-10,18H2,1-3H3,(H,28,30)/t19-/m1/s1. The minimum absolute atomic E-state index is 0.0324. The van der Waals surface area contributed by atoms with Gasteiger partial charge in [-0.15, -0.1) is 0 Å². The summed E-state index contributed by atoms with van der Waals surface area (Å²) in [4.78, 5) is 12.9. The largest absolute Gasteiger partial charge is 0.493 e. The number of halogens is 1. The van der Waals surface area contributed by atoms with E-state index in [1.54, 1.807) is 24.3 Å². The number of carbonyl (C=O) groups is 1. The molecule has 3 rings (SSSR count). The summed E-state index contributed by atoms with van der Waals surface area (Å²) in [6, 6.07) is 20.4. The molecule has 0 aromatic heterocycles. The minimum atomic E-state index is -4.12. The highest BCUT2D eigenvalue weighted by atomic mass is 35.5. The highest BCUT2D eigenvalue weighted by Crippen LogP contribution is 2.32. The first-order valence-electron chi connectivity index (χ1n) is 11.1. The number of methoxy groups -OCH3 is 2. The lowest BCUT2D eigenvalue weighted by molar-refractivity contribution is -0.120. The number of nitrogens with zero attached hydrogens (tertiary/aromatic N) is 1. The third-order valence-corrected chi connectivity index (χ3v) is 7.48. The molecule has 0 bridgehead atoms. The maximum atomic E-state index is 13.6. The molecule has 0 saturated carbocycles. The molecule has 3 aromatic carbocycles. The van der Waals surface area contributed by atoms with E-state index in [0.717, 1.165) is 17.1 Å². The van der Waals surface area contributed by atoms with Crippen LogP contribution >= 0.6 is 11.6 Å². The van der Waals surface area contributed by atoms with E-state index < -0.39 is 22.5 Å². The van der Waals surface area contributed by atoms with Crippen molar-refractivity contribution in [2.24, 2.45) is 0 Å². The van der Waals surface area contributed by atoms with Crippen molar-refractivity contribution in [1.29, 1.82) is 0 Å². The molecule has 0 aliphatic carbocycles. The van der Waals surface area contributed by atoms with Gasteiger partial charge in [-0.3, -0.25) is 9.10 Å². The molecule has 0 radical (unpaired) electrons. The second-order valence-corrected chi connectivity index (χ2v) is 10.3. The van der Waals surface area contributed by atoms with Crippen LogP contribution in [0.25, 0.3) is 0 Å². The Bertz CT molecular complexity index is 1230. The molecule has 1 amide bonds. The number of anilines is 1. The van der Waals surface area contributed by atoms with Gasteiger partial charge in [-0.25, -0.2) is 8.42 Å². The SMILES string of the molecule is COc1ccc(S(=O)(=O)N(CC(=O)N[C@H](C)CCc2ccccc2)c2ccc(Cl)cc2)cc1OC. The molecule has 0 aliphatic heterocycles. The molecule has 3 aromatic rings. The predicted molar refractivity (Wildman–Crippen MR) is 138 cm³/mol. The average Bonchev–Trinajstić information content (AvgIpc) is 2.86. The number of ether oxygens (including phenoxy) is 2. The second-order valence-electron chi connectivity index (χ2n) is 8.00. The van der Waals surface area contributed by atoms with Crippen molar-refractivity contribution in [3.8, 4) is 11.5 Å². The van der Waals surface area contributed by atoms with E-state index in [1.807, 2.05) is 37.3 Å². The monoisotopic (exact) mass is 516 g/mol. The molecule has 186 valence electrons. The van der Waals surface area contributed by atoms with Crippen molar-refractivity contribution >= 4 is 33.2 Å². The summed E-state index contributed by atoms with van der Waals surface area (Å²) in [7, 11) is -1.22. The van der Waals surface area contributed by atoms with Gasteiger partial charge in [-0.1, -0.05) is 41.9 Å². The number of hydrogen-bond acceptors (Lipinski definition) is 5. The van der Waals surface area contributed by atoms with Gasteiger partial charge >= 0.3 is 0 Å². The Kier molecular flexibility index (Phi) is 9.01. The summed E-state index contributed by atoms with van der Waals surface area (Å²) in [5.41, 5.74) is 1.49. The van der Waals surface area contributed by atoms with E-state index in [2.05, 4.69) is 5.32 Å². The summed E-state index contributed by atoms with van der Waals surface area (Å²) in [6.07, 6.45) is 1.52. The number of rotatable bonds is 11. The molecule has 0 aliphatic rings. The van der Waals surface area contributed by atoms with Crippen LogP contribution < -0.4 is 19.1 Å². The smallest absolute Gasteiger partial charge is 0.264 e. The maximum absolute atomic E-state index is 13.6. The highest BCUT2D eigenvalue weighted by molar-refractivity contribution is 7.92. The fourth-order valence-corrected chi connectivity index (χ4v) is 5.14. The van der Waals surface area contributed by atoms with Crippen LogP contribution in [-0.4, -0.2) is 41.1 Å². The third-order valence-electron chi connectivity index (χ3n) is 5.46. The summed E-state index contributed by atoms with van der Waals surface area (Å²) in [5, 5.41) is 3.37. The summed E-state index contributed by atoms with van der Waals surface area (Å²) >= 11 is 6.00. The van der Waals surface area contributed by atoms with Crippen molar-refractivity contribution in [3.05, 3.63) is 83.4 Å². The van der Waals surface area contributed by atoms with Gasteiger partial charge in [0.2, 0.25) is 5.91 Å². The summed E-state index contributed by atoms with van der Waals surface area (Å²) in [5.74, 6) is 0.252. The van der Waals surface area contributed by atoms with Gasteiger partial charge in [0.1, 0.15) is 6.54 Å². The first-order chi connectivity index (χ1) is 16.7. The van der Waals surface area contributed by atoms with Crippen LogP contribution in [0.2, 0.25) is 5.02 Å². The fourth-order valence-electron chi connectivity index (χ4n) is 3.58. The molecule has 0 fully saturated rings. The van der Waals surface area contributed by atoms with Crippen LogP contribution in [0.15, 0.2) is 77.7 Å². The van der Waals surface area contributed by atoms with Gasteiger partial charge in [0.05, 0.1) is 24.8 Å². The van der Waals surface area contributed by atoms with Crippen LogP contribution in [0.5, 0.6) is 11.5 Å². The first kappa shape index (κ1) is 26.4. The number of carbonyl (C=O) groups excluding carboxylic acids is 1. The van der Waals surface area contributed by atoms with Gasteiger partial charge in [-0.05, 0) is 61.7 Å². The number of aryl methyl sites for hydroxylation is 1. The number of benzene rings is 3. The molecule has 9 heteroatoms. The van der Waals surface area contributed by atoms with Gasteiger partial charge in [-0.2, -0.15) is 0 Å². The van der Waals surface area contributed by atoms with Crippen LogP contribution in [0.4, 0.5) is 5.69 Å². The van der Waals surface area contributed by atoms with Gasteiger partial charge < -0.3 is 14.8 Å². The molecular formula is C26H29ClN2O5S. The zero-order valence-corrected chi connectivity index (χ0v) is 21.5. The van der Waals surface area contributed by atoms with E-state index >= 15 is 0 Å². The Hall–Kier alpha value is -3.23. The number of sulfonamides is 1. The average molecular weight is 517 g/mol. The Labute approximate surface area is 211 Å². The Balaban J connectivity index is 1.82. The van der Waals surface area contributed by atoms with Crippen molar-refractivity contribution in [1.82, 2.24) is 5.32 Å². The van der Waals surface area contributed by atoms with E-state index in [1.165, 1.54) is 38.0 Å². The minimum Gasteiger partial charge on any atom is -0.493 e. The van der Waals surface area contributed by atoms with Crippen molar-refractivity contribution in [2.75, 3.05) is 25.1 Å². The van der Waals surface area contributed by atoms with Crippen molar-refractivity contribution in [3.63, 3.8) is 0 Å². The maximum Gasteiger partial charge on any atom is 0.264 e. The Morgan fingerprint density at radius 2 is 1.63 bits per heavy atom. The third kappa shape index (κ3) is 6.90. The van der Waals surface area contributed by atoms with Gasteiger partial charge in [0, 0.05) is 17.1 Å². The van der Waals surface area contributed by atoms with Gasteiger partial charge in [0.15, 0.2) is 11.5 Å². The highest BCUT2D eigenvalue weighted by Gasteiger charge is 2.28. The number of hydrogen-bond donors (Lipinski definition) is 1. The fraction of sp³-hybridized carbons (Fsp3) is 0.269. The van der Waals surface area contributed by atoms with Crippen molar-refractivity contribution in [2.45, 2.75) is 30.7 Å². The summed E-state index contributed by atoms with van der Waals surface area (Å²) in [6.45, 7) is 1.50.